The van der Waals surface area contributed by atoms with Crippen molar-refractivity contribution in [2.45, 2.75) is 33.6 Å². The third kappa shape index (κ3) is 3.85. The van der Waals surface area contributed by atoms with Crippen LogP contribution in [0.1, 0.15) is 32.9 Å². The molecule has 4 heteroatoms. The summed E-state index contributed by atoms with van der Waals surface area (Å²) in [5.74, 6) is 0. The minimum atomic E-state index is 0.276. The molecular formula is C12H24N4. The maximum atomic E-state index is 5.48. The van der Waals surface area contributed by atoms with Crippen molar-refractivity contribution < 1.29 is 0 Å². The fourth-order valence-corrected chi connectivity index (χ4v) is 1.65. The normalized spacial score (nSPS) is 11.8. The lowest BCUT2D eigenvalue weighted by atomic mass is 9.90. The number of rotatable bonds is 5. The summed E-state index contributed by atoms with van der Waals surface area (Å²) in [6.45, 7) is 8.36. The molecule has 1 heterocycles. The van der Waals surface area contributed by atoms with Crippen molar-refractivity contribution in [3.63, 3.8) is 0 Å². The molecule has 16 heavy (non-hydrogen) atoms. The topological polar surface area (TPSA) is 55.9 Å². The first-order valence-electron chi connectivity index (χ1n) is 5.89. The molecule has 0 aliphatic heterocycles. The molecular weight excluding hydrogens is 200 g/mol. The Kier molecular flexibility index (Phi) is 4.35. The van der Waals surface area contributed by atoms with Gasteiger partial charge in [-0.3, -0.25) is 4.68 Å². The Morgan fingerprint density at radius 1 is 1.44 bits per heavy atom. The second-order valence-electron chi connectivity index (χ2n) is 5.43. The molecule has 0 radical (unpaired) electrons. The standard InChI is InChI=1S/C12H24N4/c1-12(2,3)8-11-10(9-15-16(11)4)14-7-5-6-13/h9,14H,5-8,13H2,1-4H3. The zero-order chi connectivity index (χ0) is 12.2. The average molecular weight is 224 g/mol. The number of nitrogens with one attached hydrogen (secondary N) is 1. The molecule has 0 unspecified atom stereocenters. The van der Waals surface area contributed by atoms with E-state index in [0.29, 0.717) is 0 Å². The molecule has 3 N–H and O–H groups in total. The highest BCUT2D eigenvalue weighted by molar-refractivity contribution is 5.46. The van der Waals surface area contributed by atoms with E-state index in [-0.39, 0.29) is 5.41 Å². The summed E-state index contributed by atoms with van der Waals surface area (Å²) in [7, 11) is 2.00. The van der Waals surface area contributed by atoms with Crippen LogP contribution in [0.4, 0.5) is 5.69 Å². The summed E-state index contributed by atoms with van der Waals surface area (Å²) in [4.78, 5) is 0. The van der Waals surface area contributed by atoms with E-state index < -0.39 is 0 Å². The van der Waals surface area contributed by atoms with Gasteiger partial charge in [-0.15, -0.1) is 0 Å². The third-order valence-electron chi connectivity index (χ3n) is 2.46. The number of aryl methyl sites for hydroxylation is 1. The van der Waals surface area contributed by atoms with E-state index in [2.05, 4.69) is 31.2 Å². The van der Waals surface area contributed by atoms with Crippen molar-refractivity contribution in [2.24, 2.45) is 18.2 Å². The van der Waals surface area contributed by atoms with Crippen LogP contribution in [0.5, 0.6) is 0 Å². The highest BCUT2D eigenvalue weighted by Gasteiger charge is 2.17. The minimum Gasteiger partial charge on any atom is -0.382 e. The van der Waals surface area contributed by atoms with Gasteiger partial charge in [0, 0.05) is 13.6 Å². The monoisotopic (exact) mass is 224 g/mol. The van der Waals surface area contributed by atoms with E-state index in [1.165, 1.54) is 5.69 Å². The van der Waals surface area contributed by atoms with Gasteiger partial charge in [-0.2, -0.15) is 5.10 Å². The van der Waals surface area contributed by atoms with Crippen LogP contribution in [-0.4, -0.2) is 22.9 Å². The number of hydrogen-bond donors (Lipinski definition) is 2. The first-order chi connectivity index (χ1) is 7.44. The van der Waals surface area contributed by atoms with Gasteiger partial charge in [-0.25, -0.2) is 0 Å². The average Bonchev–Trinajstić information content (AvgIpc) is 2.48. The lowest BCUT2D eigenvalue weighted by Gasteiger charge is -2.19. The molecule has 0 aliphatic carbocycles. The van der Waals surface area contributed by atoms with Crippen LogP contribution in [0.2, 0.25) is 0 Å². The van der Waals surface area contributed by atoms with Crippen LogP contribution < -0.4 is 11.1 Å². The Hall–Kier alpha value is -1.03. The SMILES string of the molecule is Cn1ncc(NCCCN)c1CC(C)(C)C. The van der Waals surface area contributed by atoms with Gasteiger partial charge in [-0.1, -0.05) is 20.8 Å². The molecule has 1 aromatic heterocycles. The van der Waals surface area contributed by atoms with E-state index in [1.807, 2.05) is 17.9 Å². The summed E-state index contributed by atoms with van der Waals surface area (Å²) >= 11 is 0. The Labute approximate surface area is 98.2 Å². The van der Waals surface area contributed by atoms with Gasteiger partial charge in [0.1, 0.15) is 0 Å². The van der Waals surface area contributed by atoms with E-state index in [4.69, 9.17) is 5.73 Å². The molecule has 0 saturated heterocycles. The first-order valence-corrected chi connectivity index (χ1v) is 5.89. The Morgan fingerprint density at radius 3 is 2.69 bits per heavy atom. The van der Waals surface area contributed by atoms with Crippen molar-refractivity contribution in [3.05, 3.63) is 11.9 Å². The quantitative estimate of drug-likeness (QED) is 0.749. The van der Waals surface area contributed by atoms with Gasteiger partial charge in [0.25, 0.3) is 0 Å². The van der Waals surface area contributed by atoms with Crippen molar-refractivity contribution in [1.82, 2.24) is 9.78 Å². The van der Waals surface area contributed by atoms with Gasteiger partial charge in [0.15, 0.2) is 0 Å². The highest BCUT2D eigenvalue weighted by atomic mass is 15.3. The Morgan fingerprint density at radius 2 is 2.12 bits per heavy atom. The second-order valence-corrected chi connectivity index (χ2v) is 5.43. The summed E-state index contributed by atoms with van der Waals surface area (Å²) < 4.78 is 1.95. The van der Waals surface area contributed by atoms with Gasteiger partial charge < -0.3 is 11.1 Å². The van der Waals surface area contributed by atoms with Gasteiger partial charge in [0.05, 0.1) is 17.6 Å². The summed E-state index contributed by atoms with van der Waals surface area (Å²) in [6.07, 6.45) is 3.91. The van der Waals surface area contributed by atoms with Crippen LogP contribution in [0, 0.1) is 5.41 Å². The molecule has 0 aliphatic rings. The molecule has 92 valence electrons. The summed E-state index contributed by atoms with van der Waals surface area (Å²) in [5, 5.41) is 7.70. The van der Waals surface area contributed by atoms with Crippen molar-refractivity contribution in [1.29, 1.82) is 0 Å². The van der Waals surface area contributed by atoms with Crippen LogP contribution >= 0.6 is 0 Å². The third-order valence-corrected chi connectivity index (χ3v) is 2.46. The number of nitrogens with two attached hydrogens (primary N) is 1. The van der Waals surface area contributed by atoms with Crippen LogP contribution in [-0.2, 0) is 13.5 Å². The molecule has 1 rings (SSSR count). The summed E-state index contributed by atoms with van der Waals surface area (Å²) in [5.41, 5.74) is 8.17. The van der Waals surface area contributed by atoms with Gasteiger partial charge in [0.2, 0.25) is 0 Å². The Bertz CT molecular complexity index is 322. The first kappa shape index (κ1) is 13.0. The minimum absolute atomic E-state index is 0.276. The number of hydrogen-bond acceptors (Lipinski definition) is 3. The molecule has 0 amide bonds. The largest absolute Gasteiger partial charge is 0.382 e. The fraction of sp³-hybridized carbons (Fsp3) is 0.750. The number of anilines is 1. The number of aromatic nitrogens is 2. The zero-order valence-electron chi connectivity index (χ0n) is 10.9. The molecule has 0 bridgehead atoms. The van der Waals surface area contributed by atoms with Crippen LogP contribution in [0.25, 0.3) is 0 Å². The number of nitrogens with zero attached hydrogens (tertiary/aromatic N) is 2. The zero-order valence-corrected chi connectivity index (χ0v) is 10.9. The predicted molar refractivity (Wildman–Crippen MR) is 68.5 cm³/mol. The lowest BCUT2D eigenvalue weighted by molar-refractivity contribution is 0.398. The van der Waals surface area contributed by atoms with E-state index >= 15 is 0 Å². The molecule has 0 aromatic carbocycles. The van der Waals surface area contributed by atoms with Crippen molar-refractivity contribution in [3.8, 4) is 0 Å². The van der Waals surface area contributed by atoms with E-state index in [0.717, 1.165) is 31.6 Å². The maximum absolute atomic E-state index is 5.48. The lowest BCUT2D eigenvalue weighted by Crippen LogP contribution is -2.15. The van der Waals surface area contributed by atoms with E-state index in [1.54, 1.807) is 0 Å². The van der Waals surface area contributed by atoms with Gasteiger partial charge >= 0.3 is 0 Å². The molecule has 4 nitrogen and oxygen atoms in total. The molecule has 1 aromatic rings. The Balaban J connectivity index is 2.70. The summed E-state index contributed by atoms with van der Waals surface area (Å²) in [6, 6.07) is 0. The molecule has 0 fully saturated rings. The molecule has 0 spiro atoms. The second kappa shape index (κ2) is 5.34. The molecule has 0 saturated carbocycles. The van der Waals surface area contributed by atoms with Crippen molar-refractivity contribution >= 4 is 5.69 Å². The van der Waals surface area contributed by atoms with Crippen LogP contribution in [0.15, 0.2) is 6.20 Å². The highest BCUT2D eigenvalue weighted by Crippen LogP contribution is 2.25. The van der Waals surface area contributed by atoms with Crippen LogP contribution in [0.3, 0.4) is 0 Å². The smallest absolute Gasteiger partial charge is 0.0759 e. The van der Waals surface area contributed by atoms with Gasteiger partial charge in [-0.05, 0) is 24.8 Å². The van der Waals surface area contributed by atoms with Crippen molar-refractivity contribution in [2.75, 3.05) is 18.4 Å². The fourth-order valence-electron chi connectivity index (χ4n) is 1.65. The van der Waals surface area contributed by atoms with E-state index in [9.17, 15) is 0 Å². The molecule has 0 atom stereocenters. The maximum Gasteiger partial charge on any atom is 0.0759 e. The predicted octanol–water partition coefficient (Wildman–Crippen LogP) is 1.77.